The molecule has 0 aliphatic rings. The molecule has 0 spiro atoms. The fourth-order valence-electron chi connectivity index (χ4n) is 4.74. The highest BCUT2D eigenvalue weighted by molar-refractivity contribution is 6.32. The number of alkyl halides is 3. The zero-order valence-electron chi connectivity index (χ0n) is 23.0. The minimum absolute atomic E-state index is 0.180. The molecule has 5 rings (SSSR count). The van der Waals surface area contributed by atoms with Crippen molar-refractivity contribution in [1.29, 1.82) is 0 Å². The number of methoxy groups -OCH3 is 1. The summed E-state index contributed by atoms with van der Waals surface area (Å²) in [7, 11) is 1.53. The second kappa shape index (κ2) is 11.4. The summed E-state index contributed by atoms with van der Waals surface area (Å²) >= 11 is 6.28. The van der Waals surface area contributed by atoms with Crippen molar-refractivity contribution >= 4 is 23.2 Å². The Bertz CT molecular complexity index is 1730. The predicted molar refractivity (Wildman–Crippen MR) is 159 cm³/mol. The normalized spacial score (nSPS) is 11.8. The fourth-order valence-corrected chi connectivity index (χ4v) is 4.95. The smallest absolute Gasteiger partial charge is 0.435 e. The molecule has 0 atom stereocenters. The predicted octanol–water partition coefficient (Wildman–Crippen LogP) is 8.80. The molecule has 4 aromatic carbocycles. The number of hydrogen-bond donors (Lipinski definition) is 1. The van der Waals surface area contributed by atoms with Crippen LogP contribution in [-0.4, -0.2) is 22.8 Å². The van der Waals surface area contributed by atoms with E-state index in [2.05, 4.69) is 36.4 Å². The zero-order chi connectivity index (χ0) is 30.1. The largest absolute Gasteiger partial charge is 0.495 e. The molecule has 9 heteroatoms. The number of nitrogens with zero attached hydrogens (tertiary/aromatic N) is 2. The quantitative estimate of drug-likeness (QED) is 0.206. The fraction of sp³-hybridized carbons (Fsp3) is 0.152. The van der Waals surface area contributed by atoms with Gasteiger partial charge in [-0.3, -0.25) is 4.79 Å². The lowest BCUT2D eigenvalue weighted by Gasteiger charge is -2.27. The minimum atomic E-state index is -4.65. The van der Waals surface area contributed by atoms with Crippen LogP contribution in [0, 0.1) is 0 Å². The van der Waals surface area contributed by atoms with Crippen LogP contribution in [0.1, 0.15) is 41.0 Å². The van der Waals surface area contributed by atoms with Crippen LogP contribution in [0.15, 0.2) is 103 Å². The Morgan fingerprint density at radius 2 is 1.52 bits per heavy atom. The van der Waals surface area contributed by atoms with E-state index in [1.165, 1.54) is 7.11 Å². The van der Waals surface area contributed by atoms with E-state index < -0.39 is 17.8 Å². The molecule has 0 aliphatic carbocycles. The number of carbonyl (C=O) groups excluding carboxylic acids is 1. The summed E-state index contributed by atoms with van der Waals surface area (Å²) in [6.07, 6.45) is -4.65. The molecule has 214 valence electrons. The molecule has 0 fully saturated rings. The number of nitrogens with one attached hydrogen (secondary N) is 1. The van der Waals surface area contributed by atoms with Crippen LogP contribution in [0.5, 0.6) is 5.75 Å². The summed E-state index contributed by atoms with van der Waals surface area (Å²) in [5.74, 6) is 0.0982. The average molecular weight is 590 g/mol. The molecule has 0 unspecified atom stereocenters. The molecule has 0 aliphatic heterocycles. The maximum Gasteiger partial charge on any atom is 0.435 e. The Balaban J connectivity index is 1.45. The van der Waals surface area contributed by atoms with Crippen molar-refractivity contribution in [3.05, 3.63) is 131 Å². The number of rotatable bonds is 7. The molecule has 1 aromatic heterocycles. The summed E-state index contributed by atoms with van der Waals surface area (Å²) in [5.41, 5.74) is 2.43. The second-order valence-corrected chi connectivity index (χ2v) is 10.6. The molecule has 5 aromatic rings. The van der Waals surface area contributed by atoms with Crippen LogP contribution in [-0.2, 0) is 11.6 Å². The minimum Gasteiger partial charge on any atom is -0.495 e. The highest BCUT2D eigenvalue weighted by atomic mass is 35.5. The SMILES string of the molecule is COc1ccc(C(C)(C)c2ccccc2)cc1NC(=O)c1ccc(-c2cc(C(F)(F)F)nn2-c2ccccc2Cl)cc1. The van der Waals surface area contributed by atoms with E-state index in [-0.39, 0.29) is 16.1 Å². The Hall–Kier alpha value is -4.56. The maximum absolute atomic E-state index is 13.6. The van der Waals surface area contributed by atoms with Gasteiger partial charge in [0.25, 0.3) is 5.91 Å². The van der Waals surface area contributed by atoms with E-state index in [0.717, 1.165) is 21.9 Å². The highest BCUT2D eigenvalue weighted by Gasteiger charge is 2.35. The van der Waals surface area contributed by atoms with Gasteiger partial charge < -0.3 is 10.1 Å². The van der Waals surface area contributed by atoms with Crippen molar-refractivity contribution in [2.75, 3.05) is 12.4 Å². The van der Waals surface area contributed by atoms with Crippen LogP contribution in [0.25, 0.3) is 16.9 Å². The van der Waals surface area contributed by atoms with Crippen molar-refractivity contribution < 1.29 is 22.7 Å². The first-order chi connectivity index (χ1) is 20.0. The topological polar surface area (TPSA) is 56.1 Å². The molecule has 1 N–H and O–H groups in total. The average Bonchev–Trinajstić information content (AvgIpc) is 3.44. The molecule has 0 saturated carbocycles. The molecule has 42 heavy (non-hydrogen) atoms. The number of benzene rings is 4. The number of hydrogen-bond acceptors (Lipinski definition) is 3. The summed E-state index contributed by atoms with van der Waals surface area (Å²) in [6.45, 7) is 4.21. The lowest BCUT2D eigenvalue weighted by atomic mass is 9.78. The number of aromatic nitrogens is 2. The van der Waals surface area contributed by atoms with Crippen molar-refractivity contribution in [2.45, 2.75) is 25.4 Å². The summed E-state index contributed by atoms with van der Waals surface area (Å²) in [5, 5.41) is 6.96. The van der Waals surface area contributed by atoms with Gasteiger partial charge in [0.2, 0.25) is 0 Å². The molecule has 0 radical (unpaired) electrons. The standard InChI is InChI=1S/C33H27ClF3N3O2/c1-32(2,23-9-5-4-6-10-23)24-17-18-29(42-3)26(19-24)38-31(41)22-15-13-21(14-16-22)28-20-30(33(35,36)37)39-40(28)27-12-8-7-11-25(27)34/h4-20H,1-3H3,(H,38,41). The van der Waals surface area contributed by atoms with Gasteiger partial charge in [0.1, 0.15) is 5.75 Å². The van der Waals surface area contributed by atoms with Gasteiger partial charge in [0.15, 0.2) is 5.69 Å². The number of ether oxygens (including phenoxy) is 1. The number of para-hydroxylation sites is 1. The van der Waals surface area contributed by atoms with Gasteiger partial charge in [0, 0.05) is 16.5 Å². The van der Waals surface area contributed by atoms with Gasteiger partial charge in [-0.05, 0) is 53.6 Å². The summed E-state index contributed by atoms with van der Waals surface area (Å²) < 4.78 is 47.4. The molecule has 0 bridgehead atoms. The van der Waals surface area contributed by atoms with E-state index in [1.807, 2.05) is 36.4 Å². The Morgan fingerprint density at radius 3 is 2.17 bits per heavy atom. The van der Waals surface area contributed by atoms with Gasteiger partial charge in [-0.15, -0.1) is 0 Å². The number of amides is 1. The van der Waals surface area contributed by atoms with Crippen LogP contribution in [0.2, 0.25) is 5.02 Å². The number of halogens is 4. The highest BCUT2D eigenvalue weighted by Crippen LogP contribution is 2.37. The van der Waals surface area contributed by atoms with E-state index >= 15 is 0 Å². The Labute approximate surface area is 246 Å². The van der Waals surface area contributed by atoms with Gasteiger partial charge in [0.05, 0.1) is 29.2 Å². The molecule has 0 saturated heterocycles. The number of anilines is 1. The van der Waals surface area contributed by atoms with E-state index in [1.54, 1.807) is 48.5 Å². The zero-order valence-corrected chi connectivity index (χ0v) is 23.8. The van der Waals surface area contributed by atoms with Crippen molar-refractivity contribution in [3.63, 3.8) is 0 Å². The molecule has 5 nitrogen and oxygen atoms in total. The third-order valence-electron chi connectivity index (χ3n) is 7.19. The van der Waals surface area contributed by atoms with Crippen LogP contribution < -0.4 is 10.1 Å². The Kier molecular flexibility index (Phi) is 7.84. The first-order valence-corrected chi connectivity index (χ1v) is 13.4. The molecular formula is C33H27ClF3N3O2. The number of carbonyl (C=O) groups is 1. The van der Waals surface area contributed by atoms with Gasteiger partial charge in [-0.1, -0.05) is 86.1 Å². The Morgan fingerprint density at radius 1 is 0.857 bits per heavy atom. The lowest BCUT2D eigenvalue weighted by Crippen LogP contribution is -2.20. The van der Waals surface area contributed by atoms with Crippen LogP contribution in [0.4, 0.5) is 18.9 Å². The van der Waals surface area contributed by atoms with Crippen LogP contribution in [0.3, 0.4) is 0 Å². The molecule has 1 amide bonds. The first-order valence-electron chi connectivity index (χ1n) is 13.1. The summed E-state index contributed by atoms with van der Waals surface area (Å²) in [6, 6.07) is 29.4. The van der Waals surface area contributed by atoms with E-state index in [9.17, 15) is 18.0 Å². The van der Waals surface area contributed by atoms with E-state index in [4.69, 9.17) is 16.3 Å². The van der Waals surface area contributed by atoms with Gasteiger partial charge >= 0.3 is 6.18 Å². The van der Waals surface area contributed by atoms with Crippen LogP contribution >= 0.6 is 11.6 Å². The molecular weight excluding hydrogens is 563 g/mol. The van der Waals surface area contributed by atoms with Crippen molar-refractivity contribution in [1.82, 2.24) is 9.78 Å². The first kappa shape index (κ1) is 29.0. The maximum atomic E-state index is 13.6. The van der Waals surface area contributed by atoms with Gasteiger partial charge in [-0.2, -0.15) is 18.3 Å². The van der Waals surface area contributed by atoms with Crippen molar-refractivity contribution in [2.24, 2.45) is 0 Å². The van der Waals surface area contributed by atoms with Gasteiger partial charge in [-0.25, -0.2) is 4.68 Å². The van der Waals surface area contributed by atoms with E-state index in [0.29, 0.717) is 28.3 Å². The summed E-state index contributed by atoms with van der Waals surface area (Å²) in [4.78, 5) is 13.3. The second-order valence-electron chi connectivity index (χ2n) is 10.2. The lowest BCUT2D eigenvalue weighted by molar-refractivity contribution is -0.141. The molecule has 1 heterocycles. The van der Waals surface area contributed by atoms with Crippen molar-refractivity contribution in [3.8, 4) is 22.7 Å². The monoisotopic (exact) mass is 589 g/mol. The third-order valence-corrected chi connectivity index (χ3v) is 7.51. The third kappa shape index (κ3) is 5.76.